The molecule has 0 bridgehead atoms. The maximum Gasteiger partial charge on any atom is 0.142 e. The van der Waals surface area contributed by atoms with E-state index >= 15 is 0 Å². The van der Waals surface area contributed by atoms with E-state index in [2.05, 4.69) is 21.0 Å². The summed E-state index contributed by atoms with van der Waals surface area (Å²) in [6.07, 6.45) is 1.70. The Morgan fingerprint density at radius 1 is 1.21 bits per heavy atom. The summed E-state index contributed by atoms with van der Waals surface area (Å²) in [5.74, 6) is 1.74. The molecule has 2 heterocycles. The van der Waals surface area contributed by atoms with Crippen molar-refractivity contribution in [3.05, 3.63) is 47.4 Å². The highest BCUT2D eigenvalue weighted by Gasteiger charge is 2.19. The molecule has 0 aliphatic heterocycles. The van der Waals surface area contributed by atoms with Gasteiger partial charge in [-0.15, -0.1) is 0 Å². The predicted octanol–water partition coefficient (Wildman–Crippen LogP) is 3.22. The molecule has 1 aromatic carbocycles. The van der Waals surface area contributed by atoms with E-state index in [0.717, 1.165) is 39.7 Å². The van der Waals surface area contributed by atoms with Crippen molar-refractivity contribution in [3.8, 4) is 34.3 Å². The molecule has 120 valence electrons. The third-order valence-corrected chi connectivity index (χ3v) is 3.92. The monoisotopic (exact) mass is 319 g/mol. The number of nitrogens with two attached hydrogens (primary N) is 1. The van der Waals surface area contributed by atoms with Crippen LogP contribution in [0.25, 0.3) is 22.5 Å². The minimum Gasteiger partial charge on any atom is -0.497 e. The number of aryl methyl sites for hydroxylation is 1. The van der Waals surface area contributed by atoms with Crippen LogP contribution in [0.15, 0.2) is 30.5 Å². The molecule has 0 aliphatic rings. The number of rotatable bonds is 3. The number of nitriles is 1. The number of nitrogen functional groups attached to an aromatic ring is 1. The molecule has 6 nitrogen and oxygen atoms in total. The normalized spacial score (nSPS) is 10.4. The van der Waals surface area contributed by atoms with Gasteiger partial charge in [-0.2, -0.15) is 5.26 Å². The van der Waals surface area contributed by atoms with Crippen molar-refractivity contribution in [1.29, 1.82) is 5.26 Å². The summed E-state index contributed by atoms with van der Waals surface area (Å²) in [4.78, 5) is 11.8. The second kappa shape index (κ2) is 6.05. The van der Waals surface area contributed by atoms with Gasteiger partial charge in [0.05, 0.1) is 24.7 Å². The standard InChI is InChI=1S/C18H17N5O/c1-10-16(15-9-21-11(2)22-15)14(8-19)18(20)23-17(10)12-4-6-13(24-3)7-5-12/h4-7,9H,1-3H3,(H2,20,23)(H,21,22). The second-order valence-electron chi connectivity index (χ2n) is 5.44. The molecule has 0 unspecified atom stereocenters. The Morgan fingerprint density at radius 3 is 2.46 bits per heavy atom. The summed E-state index contributed by atoms with van der Waals surface area (Å²) < 4.78 is 5.19. The van der Waals surface area contributed by atoms with Crippen LogP contribution in [0.1, 0.15) is 17.0 Å². The zero-order chi connectivity index (χ0) is 17.3. The van der Waals surface area contributed by atoms with Crippen LogP contribution in [-0.2, 0) is 0 Å². The number of aromatic nitrogens is 3. The van der Waals surface area contributed by atoms with Gasteiger partial charge in [0, 0.05) is 11.1 Å². The molecule has 3 aromatic rings. The van der Waals surface area contributed by atoms with Crippen molar-refractivity contribution >= 4 is 5.82 Å². The van der Waals surface area contributed by atoms with Gasteiger partial charge in [-0.3, -0.25) is 0 Å². The van der Waals surface area contributed by atoms with Crippen molar-refractivity contribution in [2.24, 2.45) is 0 Å². The SMILES string of the molecule is COc1ccc(-c2nc(N)c(C#N)c(-c3cnc(C)[nH]3)c2C)cc1. The Balaban J connectivity index is 2.25. The number of benzene rings is 1. The summed E-state index contributed by atoms with van der Waals surface area (Å²) in [7, 11) is 1.62. The van der Waals surface area contributed by atoms with Crippen molar-refractivity contribution in [2.45, 2.75) is 13.8 Å². The minimum absolute atomic E-state index is 0.205. The molecule has 0 atom stereocenters. The van der Waals surface area contributed by atoms with Gasteiger partial charge in [-0.05, 0) is 43.7 Å². The van der Waals surface area contributed by atoms with Crippen LogP contribution in [0.2, 0.25) is 0 Å². The molecule has 0 spiro atoms. The molecule has 2 aromatic heterocycles. The number of anilines is 1. The van der Waals surface area contributed by atoms with Crippen LogP contribution < -0.4 is 10.5 Å². The Morgan fingerprint density at radius 2 is 1.92 bits per heavy atom. The number of methoxy groups -OCH3 is 1. The van der Waals surface area contributed by atoms with Gasteiger partial charge >= 0.3 is 0 Å². The smallest absolute Gasteiger partial charge is 0.142 e. The zero-order valence-electron chi connectivity index (χ0n) is 13.7. The number of pyridine rings is 1. The van der Waals surface area contributed by atoms with Gasteiger partial charge in [0.15, 0.2) is 0 Å². The average Bonchev–Trinajstić information content (AvgIpc) is 3.02. The number of aromatic amines is 1. The molecule has 0 radical (unpaired) electrons. The molecule has 3 N–H and O–H groups in total. The van der Waals surface area contributed by atoms with Crippen LogP contribution in [0, 0.1) is 25.2 Å². The molecular weight excluding hydrogens is 302 g/mol. The lowest BCUT2D eigenvalue weighted by atomic mass is 9.96. The topological polar surface area (TPSA) is 101 Å². The summed E-state index contributed by atoms with van der Waals surface area (Å²) in [6, 6.07) is 9.72. The van der Waals surface area contributed by atoms with E-state index in [9.17, 15) is 5.26 Å². The first-order valence-corrected chi connectivity index (χ1v) is 7.41. The highest BCUT2D eigenvalue weighted by atomic mass is 16.5. The van der Waals surface area contributed by atoms with E-state index in [-0.39, 0.29) is 5.82 Å². The molecular formula is C18H17N5O. The third-order valence-electron chi connectivity index (χ3n) is 3.92. The predicted molar refractivity (Wildman–Crippen MR) is 92.4 cm³/mol. The number of hydrogen-bond donors (Lipinski definition) is 2. The maximum atomic E-state index is 9.50. The summed E-state index contributed by atoms with van der Waals surface area (Å²) in [5, 5.41) is 9.50. The molecule has 0 saturated carbocycles. The van der Waals surface area contributed by atoms with Crippen LogP contribution in [0.5, 0.6) is 5.75 Å². The van der Waals surface area contributed by atoms with E-state index < -0.39 is 0 Å². The number of imidazole rings is 1. The van der Waals surface area contributed by atoms with Crippen LogP contribution >= 0.6 is 0 Å². The number of nitrogens with zero attached hydrogens (tertiary/aromatic N) is 3. The first-order valence-electron chi connectivity index (χ1n) is 7.41. The van der Waals surface area contributed by atoms with Gasteiger partial charge in [-0.25, -0.2) is 9.97 Å². The van der Waals surface area contributed by atoms with Crippen molar-refractivity contribution < 1.29 is 4.74 Å². The van der Waals surface area contributed by atoms with Crippen molar-refractivity contribution in [2.75, 3.05) is 12.8 Å². The van der Waals surface area contributed by atoms with Crippen LogP contribution in [0.3, 0.4) is 0 Å². The van der Waals surface area contributed by atoms with E-state index in [1.54, 1.807) is 13.3 Å². The summed E-state index contributed by atoms with van der Waals surface area (Å²) in [6.45, 7) is 3.79. The highest BCUT2D eigenvalue weighted by molar-refractivity contribution is 5.82. The van der Waals surface area contributed by atoms with Crippen LogP contribution in [-0.4, -0.2) is 22.1 Å². The van der Waals surface area contributed by atoms with Gasteiger partial charge in [0.1, 0.15) is 29.0 Å². The van der Waals surface area contributed by atoms with E-state index in [4.69, 9.17) is 10.5 Å². The number of ether oxygens (including phenoxy) is 1. The minimum atomic E-state index is 0.205. The average molecular weight is 319 g/mol. The zero-order valence-corrected chi connectivity index (χ0v) is 13.7. The Hall–Kier alpha value is -3.33. The number of H-pyrrole nitrogens is 1. The first-order chi connectivity index (χ1) is 11.5. The third kappa shape index (κ3) is 2.57. The quantitative estimate of drug-likeness (QED) is 0.772. The number of hydrogen-bond acceptors (Lipinski definition) is 5. The lowest BCUT2D eigenvalue weighted by molar-refractivity contribution is 0.415. The lowest BCUT2D eigenvalue weighted by Gasteiger charge is -2.14. The van der Waals surface area contributed by atoms with Gasteiger partial charge < -0.3 is 15.5 Å². The lowest BCUT2D eigenvalue weighted by Crippen LogP contribution is -2.03. The molecule has 0 aliphatic carbocycles. The summed E-state index contributed by atoms with van der Waals surface area (Å²) in [5.41, 5.74) is 10.4. The Kier molecular flexibility index (Phi) is 3.92. The molecule has 24 heavy (non-hydrogen) atoms. The molecule has 0 fully saturated rings. The molecule has 6 heteroatoms. The highest BCUT2D eigenvalue weighted by Crippen LogP contribution is 2.35. The van der Waals surface area contributed by atoms with Crippen molar-refractivity contribution in [3.63, 3.8) is 0 Å². The van der Waals surface area contributed by atoms with E-state index in [1.807, 2.05) is 38.1 Å². The maximum absolute atomic E-state index is 9.50. The van der Waals surface area contributed by atoms with E-state index in [0.29, 0.717) is 5.56 Å². The molecule has 0 saturated heterocycles. The molecule has 3 rings (SSSR count). The largest absolute Gasteiger partial charge is 0.497 e. The van der Waals surface area contributed by atoms with Gasteiger partial charge in [-0.1, -0.05) is 0 Å². The fraction of sp³-hybridized carbons (Fsp3) is 0.167. The Bertz CT molecular complexity index is 935. The Labute approximate surface area is 139 Å². The first kappa shape index (κ1) is 15.6. The second-order valence-corrected chi connectivity index (χ2v) is 5.44. The van der Waals surface area contributed by atoms with Crippen LogP contribution in [0.4, 0.5) is 5.82 Å². The molecule has 0 amide bonds. The van der Waals surface area contributed by atoms with Gasteiger partial charge in [0.25, 0.3) is 0 Å². The number of nitrogens with one attached hydrogen (secondary N) is 1. The fourth-order valence-corrected chi connectivity index (χ4v) is 2.72. The van der Waals surface area contributed by atoms with Gasteiger partial charge in [0.2, 0.25) is 0 Å². The van der Waals surface area contributed by atoms with E-state index in [1.165, 1.54) is 0 Å². The fourth-order valence-electron chi connectivity index (χ4n) is 2.72. The van der Waals surface area contributed by atoms with Crippen molar-refractivity contribution in [1.82, 2.24) is 15.0 Å². The summed E-state index contributed by atoms with van der Waals surface area (Å²) >= 11 is 0.